The summed E-state index contributed by atoms with van der Waals surface area (Å²) < 4.78 is 17.3. The topological polar surface area (TPSA) is 68.2 Å². The highest BCUT2D eigenvalue weighted by molar-refractivity contribution is 5.91. The van der Waals surface area contributed by atoms with Crippen LogP contribution in [0.25, 0.3) is 0 Å². The van der Waals surface area contributed by atoms with Crippen LogP contribution in [0.4, 0.5) is 0 Å². The molecule has 0 radical (unpaired) electrons. The first kappa shape index (κ1) is 20.8. The van der Waals surface area contributed by atoms with Crippen LogP contribution < -0.4 is 0 Å². The van der Waals surface area contributed by atoms with E-state index < -0.39 is 6.29 Å². The number of aliphatic hydroxyl groups excluding tert-OH is 1. The summed E-state index contributed by atoms with van der Waals surface area (Å²) in [6.07, 6.45) is 2.21. The van der Waals surface area contributed by atoms with Gasteiger partial charge in [0.2, 0.25) is 6.29 Å². The smallest absolute Gasteiger partial charge is 0.288 e. The summed E-state index contributed by atoms with van der Waals surface area (Å²) in [5.74, 6) is 0.481. The summed E-state index contributed by atoms with van der Waals surface area (Å²) >= 11 is 0. The number of amides is 1. The molecule has 2 atom stereocenters. The Kier molecular flexibility index (Phi) is 6.75. The normalized spacial score (nSPS) is 23.1. The molecular weight excluding hydrogens is 358 g/mol. The van der Waals surface area contributed by atoms with E-state index >= 15 is 0 Å². The van der Waals surface area contributed by atoms with Crippen LogP contribution in [0.2, 0.25) is 0 Å². The van der Waals surface area contributed by atoms with Gasteiger partial charge < -0.3 is 24.2 Å². The van der Waals surface area contributed by atoms with E-state index in [0.717, 1.165) is 11.1 Å². The number of ether oxygens (including phenoxy) is 3. The minimum absolute atomic E-state index is 0.00467. The summed E-state index contributed by atoms with van der Waals surface area (Å²) in [5.41, 5.74) is 1.88. The lowest BCUT2D eigenvalue weighted by Crippen LogP contribution is -2.43. The zero-order chi connectivity index (χ0) is 20.1. The summed E-state index contributed by atoms with van der Waals surface area (Å²) in [4.78, 5) is 14.7. The van der Waals surface area contributed by atoms with Crippen molar-refractivity contribution in [2.45, 2.75) is 46.7 Å². The molecule has 1 N–H and O–H groups in total. The van der Waals surface area contributed by atoms with Crippen LogP contribution in [0.3, 0.4) is 0 Å². The molecule has 1 aromatic carbocycles. The van der Waals surface area contributed by atoms with Crippen LogP contribution in [0.15, 0.2) is 36.1 Å². The van der Waals surface area contributed by atoms with Crippen molar-refractivity contribution in [3.63, 3.8) is 0 Å². The number of rotatable bonds is 5. The van der Waals surface area contributed by atoms with Crippen LogP contribution in [-0.4, -0.2) is 48.5 Å². The molecule has 1 fully saturated rings. The molecule has 154 valence electrons. The highest BCUT2D eigenvalue weighted by atomic mass is 16.7. The Morgan fingerprint density at radius 3 is 2.43 bits per heavy atom. The molecule has 6 heteroatoms. The van der Waals surface area contributed by atoms with Gasteiger partial charge in [-0.15, -0.1) is 0 Å². The lowest BCUT2D eigenvalue weighted by molar-refractivity contribution is -0.163. The van der Waals surface area contributed by atoms with Crippen molar-refractivity contribution in [3.8, 4) is 0 Å². The van der Waals surface area contributed by atoms with Gasteiger partial charge in [0.1, 0.15) is 0 Å². The SMILES string of the molecule is CC(C)(C)[C@H]1C=C(C(=O)N2CCOCC2)O[C@@H](OCc2ccc(CO)cc2)C1. The molecule has 6 nitrogen and oxygen atoms in total. The number of aliphatic hydroxyl groups is 1. The minimum Gasteiger partial charge on any atom is -0.459 e. The van der Waals surface area contributed by atoms with Crippen molar-refractivity contribution in [3.05, 3.63) is 47.2 Å². The fourth-order valence-electron chi connectivity index (χ4n) is 3.37. The van der Waals surface area contributed by atoms with Gasteiger partial charge in [0.05, 0.1) is 26.4 Å². The Hall–Kier alpha value is -1.89. The second-order valence-electron chi connectivity index (χ2n) is 8.48. The van der Waals surface area contributed by atoms with Gasteiger partial charge in [0.25, 0.3) is 5.91 Å². The highest BCUT2D eigenvalue weighted by Gasteiger charge is 2.35. The quantitative estimate of drug-likeness (QED) is 0.839. The van der Waals surface area contributed by atoms with Crippen molar-refractivity contribution in [1.82, 2.24) is 4.90 Å². The molecule has 0 bridgehead atoms. The van der Waals surface area contributed by atoms with E-state index in [-0.39, 0.29) is 23.8 Å². The van der Waals surface area contributed by atoms with Crippen LogP contribution in [-0.2, 0) is 32.2 Å². The molecule has 0 saturated carbocycles. The van der Waals surface area contributed by atoms with Gasteiger partial charge in [-0.2, -0.15) is 0 Å². The second kappa shape index (κ2) is 9.07. The number of benzene rings is 1. The molecule has 2 aliphatic rings. The fraction of sp³-hybridized carbons (Fsp3) is 0.591. The Morgan fingerprint density at radius 2 is 1.82 bits per heavy atom. The molecule has 2 aliphatic heterocycles. The molecule has 1 saturated heterocycles. The number of nitrogens with zero attached hydrogens (tertiary/aromatic N) is 1. The third-order valence-electron chi connectivity index (χ3n) is 5.32. The van der Waals surface area contributed by atoms with Gasteiger partial charge in [0, 0.05) is 19.5 Å². The minimum atomic E-state index is -0.466. The second-order valence-corrected chi connectivity index (χ2v) is 8.48. The molecule has 2 heterocycles. The predicted octanol–water partition coefficient (Wildman–Crippen LogP) is 2.85. The molecule has 0 spiro atoms. The molecule has 1 aromatic rings. The van der Waals surface area contributed by atoms with E-state index in [1.807, 2.05) is 30.3 Å². The predicted molar refractivity (Wildman–Crippen MR) is 105 cm³/mol. The van der Waals surface area contributed by atoms with Crippen LogP contribution >= 0.6 is 0 Å². The summed E-state index contributed by atoms with van der Waals surface area (Å²) in [6, 6.07) is 7.63. The molecular formula is C22H31NO5. The van der Waals surface area contributed by atoms with E-state index in [1.54, 1.807) is 4.90 Å². The van der Waals surface area contributed by atoms with Crippen molar-refractivity contribution in [2.75, 3.05) is 26.3 Å². The molecule has 1 amide bonds. The Bertz CT molecular complexity index is 686. The van der Waals surface area contributed by atoms with E-state index in [0.29, 0.717) is 45.1 Å². The standard InChI is InChI=1S/C22H31NO5/c1-22(2,3)18-12-19(21(25)23-8-10-26-11-9-23)28-20(13-18)27-15-17-6-4-16(14-24)5-7-17/h4-7,12,18,20,24H,8-11,13-15H2,1-3H3/t18-,20+/m0/s1. The van der Waals surface area contributed by atoms with Crippen molar-refractivity contribution in [2.24, 2.45) is 11.3 Å². The zero-order valence-corrected chi connectivity index (χ0v) is 17.0. The van der Waals surface area contributed by atoms with E-state index in [1.165, 1.54) is 0 Å². The van der Waals surface area contributed by atoms with Gasteiger partial charge in [-0.3, -0.25) is 4.79 Å². The number of carbonyl (C=O) groups excluding carboxylic acids is 1. The van der Waals surface area contributed by atoms with Gasteiger partial charge >= 0.3 is 0 Å². The van der Waals surface area contributed by atoms with E-state index in [4.69, 9.17) is 19.3 Å². The Morgan fingerprint density at radius 1 is 1.18 bits per heavy atom. The third-order valence-corrected chi connectivity index (χ3v) is 5.32. The molecule has 0 aromatic heterocycles. The number of hydrogen-bond acceptors (Lipinski definition) is 5. The fourth-order valence-corrected chi connectivity index (χ4v) is 3.37. The first-order chi connectivity index (χ1) is 13.4. The summed E-state index contributed by atoms with van der Waals surface area (Å²) in [5, 5.41) is 9.16. The maximum Gasteiger partial charge on any atom is 0.288 e. The molecule has 0 aliphatic carbocycles. The number of morpholine rings is 1. The maximum atomic E-state index is 12.9. The molecule has 0 unspecified atom stereocenters. The van der Waals surface area contributed by atoms with Gasteiger partial charge in [-0.05, 0) is 28.5 Å². The van der Waals surface area contributed by atoms with Crippen LogP contribution in [0.5, 0.6) is 0 Å². The van der Waals surface area contributed by atoms with Gasteiger partial charge in [-0.25, -0.2) is 0 Å². The molecule has 28 heavy (non-hydrogen) atoms. The summed E-state index contributed by atoms with van der Waals surface area (Å²) in [6.45, 7) is 9.22. The lowest BCUT2D eigenvalue weighted by Gasteiger charge is -2.37. The van der Waals surface area contributed by atoms with Crippen LogP contribution in [0, 0.1) is 11.3 Å². The van der Waals surface area contributed by atoms with Gasteiger partial charge in [0.15, 0.2) is 5.76 Å². The number of allylic oxidation sites excluding steroid dienone is 1. The first-order valence-electron chi connectivity index (χ1n) is 9.92. The van der Waals surface area contributed by atoms with Crippen LogP contribution in [0.1, 0.15) is 38.3 Å². The third kappa shape index (κ3) is 5.34. The summed E-state index contributed by atoms with van der Waals surface area (Å²) in [7, 11) is 0. The average molecular weight is 389 g/mol. The largest absolute Gasteiger partial charge is 0.459 e. The number of hydrogen-bond donors (Lipinski definition) is 1. The Labute approximate surface area is 167 Å². The Balaban J connectivity index is 1.68. The van der Waals surface area contributed by atoms with E-state index in [9.17, 15) is 4.79 Å². The monoisotopic (exact) mass is 389 g/mol. The zero-order valence-electron chi connectivity index (χ0n) is 17.0. The lowest BCUT2D eigenvalue weighted by atomic mass is 9.77. The average Bonchev–Trinajstić information content (AvgIpc) is 2.72. The van der Waals surface area contributed by atoms with Crippen molar-refractivity contribution >= 4 is 5.91 Å². The maximum absolute atomic E-state index is 12.9. The van der Waals surface area contributed by atoms with Crippen molar-refractivity contribution < 1.29 is 24.1 Å². The highest BCUT2D eigenvalue weighted by Crippen LogP contribution is 2.37. The van der Waals surface area contributed by atoms with Crippen molar-refractivity contribution in [1.29, 1.82) is 0 Å². The number of carbonyl (C=O) groups is 1. The van der Waals surface area contributed by atoms with E-state index in [2.05, 4.69) is 20.8 Å². The first-order valence-corrected chi connectivity index (χ1v) is 9.92. The molecule has 3 rings (SSSR count). The van der Waals surface area contributed by atoms with Gasteiger partial charge in [-0.1, -0.05) is 45.0 Å².